The molecule has 244 valence electrons. The van der Waals surface area contributed by atoms with Gasteiger partial charge in [0, 0.05) is 63.9 Å². The van der Waals surface area contributed by atoms with Crippen LogP contribution in [-0.2, 0) is 9.59 Å². The molecule has 0 fully saturated rings. The van der Waals surface area contributed by atoms with Crippen LogP contribution in [0.25, 0.3) is 44.8 Å². The first-order chi connectivity index (χ1) is 23.2. The summed E-state index contributed by atoms with van der Waals surface area (Å²) < 4.78 is 13.7. The Morgan fingerprint density at radius 2 is 1.02 bits per heavy atom. The Morgan fingerprint density at radius 1 is 0.625 bits per heavy atom. The number of carbonyl (C=O) groups excluding carboxylic acids is 2. The summed E-state index contributed by atoms with van der Waals surface area (Å²) in [6, 6.07) is 11.0. The van der Waals surface area contributed by atoms with E-state index in [4.69, 9.17) is 19.1 Å². The maximum absolute atomic E-state index is 13.1. The van der Waals surface area contributed by atoms with Crippen molar-refractivity contribution in [1.82, 2.24) is 39.8 Å². The molecule has 4 aromatic heterocycles. The van der Waals surface area contributed by atoms with Gasteiger partial charge in [0.05, 0.1) is 50.1 Å². The van der Waals surface area contributed by atoms with Crippen molar-refractivity contribution < 1.29 is 28.7 Å². The molecule has 4 heterocycles. The highest BCUT2D eigenvalue weighted by atomic mass is 16.7. The van der Waals surface area contributed by atoms with Crippen molar-refractivity contribution in [2.75, 3.05) is 52.2 Å². The molecular formula is C32H30N10O6. The molecule has 0 aliphatic carbocycles. The minimum absolute atomic E-state index is 0.260. The molecule has 0 saturated carbocycles. The van der Waals surface area contributed by atoms with Crippen LogP contribution in [0.4, 0.5) is 11.4 Å². The van der Waals surface area contributed by atoms with Gasteiger partial charge < -0.3 is 28.9 Å². The molecule has 16 heteroatoms. The van der Waals surface area contributed by atoms with Gasteiger partial charge in [0.25, 0.3) is 0 Å². The van der Waals surface area contributed by atoms with Gasteiger partial charge in [0.1, 0.15) is 33.6 Å². The van der Waals surface area contributed by atoms with Crippen molar-refractivity contribution in [3.05, 3.63) is 73.3 Å². The highest BCUT2D eigenvalue weighted by molar-refractivity contribution is 5.93. The number of nitrogens with zero attached hydrogens (tertiary/aromatic N) is 10. The minimum atomic E-state index is -0.893. The molecule has 48 heavy (non-hydrogen) atoms. The van der Waals surface area contributed by atoms with Crippen LogP contribution in [0.15, 0.2) is 73.3 Å². The monoisotopic (exact) mass is 650 g/mol. The van der Waals surface area contributed by atoms with Gasteiger partial charge in [-0.15, -0.1) is 0 Å². The van der Waals surface area contributed by atoms with Crippen molar-refractivity contribution >= 4 is 45.4 Å². The molecule has 16 nitrogen and oxygen atoms in total. The smallest absolute Gasteiger partial charge is 0.356 e. The summed E-state index contributed by atoms with van der Waals surface area (Å²) in [7, 11) is 10.7. The molecule has 0 aliphatic rings. The number of rotatable bonds is 10. The maximum atomic E-state index is 13.1. The van der Waals surface area contributed by atoms with Crippen LogP contribution in [0, 0.1) is 0 Å². The van der Waals surface area contributed by atoms with E-state index in [1.54, 1.807) is 12.1 Å². The van der Waals surface area contributed by atoms with E-state index < -0.39 is 11.9 Å². The first-order valence-electron chi connectivity index (χ1n) is 14.4. The van der Waals surface area contributed by atoms with Crippen molar-refractivity contribution in [2.45, 2.75) is 0 Å². The lowest BCUT2D eigenvalue weighted by molar-refractivity contribution is -0.140. The first-order valence-corrected chi connectivity index (χ1v) is 14.4. The second-order valence-corrected chi connectivity index (χ2v) is 10.7. The molecule has 0 bridgehead atoms. The van der Waals surface area contributed by atoms with Gasteiger partial charge in [0.2, 0.25) is 0 Å². The van der Waals surface area contributed by atoms with Crippen LogP contribution in [-0.4, -0.2) is 94.2 Å². The lowest BCUT2D eigenvalue weighted by atomic mass is 10.1. The van der Waals surface area contributed by atoms with E-state index in [0.29, 0.717) is 44.7 Å². The Bertz CT molecular complexity index is 2040. The van der Waals surface area contributed by atoms with Crippen LogP contribution in [0.5, 0.6) is 11.5 Å². The summed E-state index contributed by atoms with van der Waals surface area (Å²) in [5.41, 5.74) is 4.47. The molecule has 2 aromatic carbocycles. The zero-order valence-corrected chi connectivity index (χ0v) is 26.8. The van der Waals surface area contributed by atoms with Crippen LogP contribution < -0.4 is 28.9 Å². The topological polar surface area (TPSA) is 165 Å². The molecule has 0 N–H and O–H groups in total. The fourth-order valence-electron chi connectivity index (χ4n) is 4.84. The Hall–Kier alpha value is -6.58. The Kier molecular flexibility index (Phi) is 8.53. The number of fused-ring (bicyclic) bond motifs is 2. The van der Waals surface area contributed by atoms with Crippen LogP contribution in [0.1, 0.15) is 0 Å². The Morgan fingerprint density at radius 3 is 1.40 bits per heavy atom. The highest BCUT2D eigenvalue weighted by Crippen LogP contribution is 2.35. The van der Waals surface area contributed by atoms with Gasteiger partial charge in [-0.3, -0.25) is 0 Å². The fraction of sp³-hybridized carbons (Fsp3) is 0.188. The number of anilines is 2. The van der Waals surface area contributed by atoms with E-state index >= 15 is 0 Å². The minimum Gasteiger partial charge on any atom is -0.496 e. The summed E-state index contributed by atoms with van der Waals surface area (Å²) in [6.45, 7) is 0. The average molecular weight is 651 g/mol. The number of benzene rings is 2. The van der Waals surface area contributed by atoms with E-state index in [1.165, 1.54) is 48.5 Å². The van der Waals surface area contributed by atoms with Crippen LogP contribution in [0.3, 0.4) is 0 Å². The quantitative estimate of drug-likeness (QED) is 0.199. The third kappa shape index (κ3) is 6.01. The van der Waals surface area contributed by atoms with Crippen molar-refractivity contribution in [1.29, 1.82) is 0 Å². The van der Waals surface area contributed by atoms with E-state index in [9.17, 15) is 9.59 Å². The van der Waals surface area contributed by atoms with Crippen molar-refractivity contribution in [3.63, 3.8) is 0 Å². The predicted molar refractivity (Wildman–Crippen MR) is 176 cm³/mol. The van der Waals surface area contributed by atoms with E-state index in [1.807, 2.05) is 62.3 Å². The Labute approximate surface area is 273 Å². The van der Waals surface area contributed by atoms with Gasteiger partial charge in [-0.1, -0.05) is 0 Å². The third-order valence-corrected chi connectivity index (χ3v) is 7.26. The van der Waals surface area contributed by atoms with Gasteiger partial charge in [-0.25, -0.2) is 19.6 Å². The summed E-state index contributed by atoms with van der Waals surface area (Å²) >= 11 is 0. The summed E-state index contributed by atoms with van der Waals surface area (Å²) in [4.78, 5) is 50.6. The van der Waals surface area contributed by atoms with Gasteiger partial charge in [-0.05, 0) is 24.3 Å². The molecule has 0 spiro atoms. The molecule has 0 unspecified atom stereocenters. The van der Waals surface area contributed by atoms with E-state index in [0.717, 1.165) is 23.5 Å². The second-order valence-electron chi connectivity index (χ2n) is 10.7. The summed E-state index contributed by atoms with van der Waals surface area (Å²) in [5.74, 6) is -0.275. The molecule has 0 atom stereocenters. The molecule has 0 radical (unpaired) electrons. The standard InChI is InChI=1S/C32H30N10O6/c1-39(2)19-7-9-21(27(13-19)45-5)31-37-23-15-33-35-17-25(23)41(31)47-29(43)11-12-30(44)48-42-26-18-36-34-16-24(26)38-32(42)22-10-8-20(40(3)4)14-28(22)46-6/h7-18H,1-6H3/b12-11+. The fourth-order valence-corrected chi connectivity index (χ4v) is 4.84. The van der Waals surface area contributed by atoms with Gasteiger partial charge in [0.15, 0.2) is 11.6 Å². The second kappa shape index (κ2) is 13.0. The number of imidazole rings is 2. The van der Waals surface area contributed by atoms with Crippen molar-refractivity contribution in [2.24, 2.45) is 0 Å². The number of aromatic nitrogens is 8. The number of hydrogen-bond acceptors (Lipinski definition) is 14. The van der Waals surface area contributed by atoms with Gasteiger partial charge >= 0.3 is 11.9 Å². The molecule has 6 aromatic rings. The molecule has 0 saturated heterocycles. The SMILES string of the molecule is COc1cc(N(C)C)ccc1-c1nc2cnncc2n1OC(=O)/C=C/C(=O)On1c(-c2ccc(N(C)C)cc2OC)nc2cnncc21. The maximum Gasteiger partial charge on any atom is 0.356 e. The zero-order chi connectivity index (χ0) is 33.9. The molecule has 0 aliphatic heterocycles. The zero-order valence-electron chi connectivity index (χ0n) is 26.8. The summed E-state index contributed by atoms with van der Waals surface area (Å²) in [6.07, 6.45) is 7.57. The average Bonchev–Trinajstić information content (AvgIpc) is 3.64. The number of ether oxygens (including phenoxy) is 2. The van der Waals surface area contributed by atoms with Crippen LogP contribution >= 0.6 is 0 Å². The molecule has 0 amide bonds. The lowest BCUT2D eigenvalue weighted by Gasteiger charge is -2.16. The summed E-state index contributed by atoms with van der Waals surface area (Å²) in [5, 5.41) is 15.6. The Balaban J connectivity index is 1.29. The normalized spacial score (nSPS) is 11.2. The number of hydrogen-bond donors (Lipinski definition) is 0. The van der Waals surface area contributed by atoms with Crippen molar-refractivity contribution in [3.8, 4) is 34.3 Å². The predicted octanol–water partition coefficient (Wildman–Crippen LogP) is 2.62. The van der Waals surface area contributed by atoms with E-state index in [2.05, 4.69) is 30.4 Å². The largest absolute Gasteiger partial charge is 0.496 e. The first kappa shape index (κ1) is 31.4. The lowest BCUT2D eigenvalue weighted by Crippen LogP contribution is -2.21. The molecular weight excluding hydrogens is 620 g/mol. The number of methoxy groups -OCH3 is 2. The number of carbonyl (C=O) groups is 2. The third-order valence-electron chi connectivity index (χ3n) is 7.26. The van der Waals surface area contributed by atoms with E-state index in [-0.39, 0.29) is 11.6 Å². The van der Waals surface area contributed by atoms with Crippen LogP contribution in [0.2, 0.25) is 0 Å². The molecule has 6 rings (SSSR count). The van der Waals surface area contributed by atoms with Gasteiger partial charge in [-0.2, -0.15) is 29.9 Å². The highest BCUT2D eigenvalue weighted by Gasteiger charge is 2.22.